The summed E-state index contributed by atoms with van der Waals surface area (Å²) in [6.07, 6.45) is 2.99. The van der Waals surface area contributed by atoms with E-state index in [1.54, 1.807) is 18.3 Å². The van der Waals surface area contributed by atoms with Crippen LogP contribution in [0, 0.1) is 0 Å². The molecular formula is C12H10BrN3O. The number of carbonyl (C=O) groups is 1. The quantitative estimate of drug-likeness (QED) is 0.894. The summed E-state index contributed by atoms with van der Waals surface area (Å²) in [5, 5.41) is 2.75. The van der Waals surface area contributed by atoms with Crippen LogP contribution in [0.25, 0.3) is 0 Å². The lowest BCUT2D eigenvalue weighted by Crippen LogP contribution is -2.14. The van der Waals surface area contributed by atoms with Crippen LogP contribution in [0.15, 0.2) is 47.2 Å². The first-order valence-corrected chi connectivity index (χ1v) is 5.72. The molecule has 0 saturated carbocycles. The van der Waals surface area contributed by atoms with Crippen LogP contribution in [0.1, 0.15) is 10.4 Å². The van der Waals surface area contributed by atoms with E-state index in [2.05, 4.69) is 26.2 Å². The standard InChI is InChI=1S/C12H10BrN3O/c13-8-2-1-3-9(6-8)16-12(17)10-7-15-5-4-11(10)14/h1-7H,(H2,14,15)(H,16,17). The number of carbonyl (C=O) groups excluding carboxylic acids is 1. The van der Waals surface area contributed by atoms with E-state index >= 15 is 0 Å². The topological polar surface area (TPSA) is 68.0 Å². The molecule has 17 heavy (non-hydrogen) atoms. The predicted octanol–water partition coefficient (Wildman–Crippen LogP) is 2.68. The van der Waals surface area contributed by atoms with Crippen LogP contribution >= 0.6 is 15.9 Å². The fourth-order valence-corrected chi connectivity index (χ4v) is 1.76. The van der Waals surface area contributed by atoms with Gasteiger partial charge in [0.1, 0.15) is 0 Å². The van der Waals surface area contributed by atoms with Gasteiger partial charge in [0.25, 0.3) is 5.91 Å². The Kier molecular flexibility index (Phi) is 3.39. The SMILES string of the molecule is Nc1ccncc1C(=O)Nc1cccc(Br)c1. The van der Waals surface area contributed by atoms with Crippen LogP contribution < -0.4 is 11.1 Å². The third-order valence-electron chi connectivity index (χ3n) is 2.18. The van der Waals surface area contributed by atoms with Crippen LogP contribution in [-0.4, -0.2) is 10.9 Å². The highest BCUT2D eigenvalue weighted by Crippen LogP contribution is 2.17. The van der Waals surface area contributed by atoms with Gasteiger partial charge in [0.2, 0.25) is 0 Å². The lowest BCUT2D eigenvalue weighted by Gasteiger charge is -2.06. The molecule has 0 atom stereocenters. The zero-order chi connectivity index (χ0) is 12.3. The maximum Gasteiger partial charge on any atom is 0.259 e. The molecule has 1 heterocycles. The van der Waals surface area contributed by atoms with Crippen LogP contribution in [0.2, 0.25) is 0 Å². The highest BCUT2D eigenvalue weighted by atomic mass is 79.9. The number of benzene rings is 1. The van der Waals surface area contributed by atoms with E-state index in [1.165, 1.54) is 6.20 Å². The van der Waals surface area contributed by atoms with Gasteiger partial charge in [0.15, 0.2) is 0 Å². The predicted molar refractivity (Wildman–Crippen MR) is 70.7 cm³/mol. The average molecular weight is 292 g/mol. The van der Waals surface area contributed by atoms with Crippen molar-refractivity contribution < 1.29 is 4.79 Å². The monoisotopic (exact) mass is 291 g/mol. The van der Waals surface area contributed by atoms with Gasteiger partial charge in [0, 0.05) is 28.2 Å². The average Bonchev–Trinajstić information content (AvgIpc) is 2.29. The van der Waals surface area contributed by atoms with Crippen molar-refractivity contribution in [1.29, 1.82) is 0 Å². The number of pyridine rings is 1. The maximum atomic E-state index is 11.9. The summed E-state index contributed by atoms with van der Waals surface area (Å²) in [4.78, 5) is 15.8. The molecule has 0 bridgehead atoms. The molecule has 86 valence electrons. The Morgan fingerprint density at radius 2 is 2.18 bits per heavy atom. The van der Waals surface area contributed by atoms with Crippen molar-refractivity contribution in [3.63, 3.8) is 0 Å². The maximum absolute atomic E-state index is 11.9. The number of nitrogens with two attached hydrogens (primary N) is 1. The molecule has 0 unspecified atom stereocenters. The van der Waals surface area contributed by atoms with E-state index in [0.29, 0.717) is 16.9 Å². The van der Waals surface area contributed by atoms with Gasteiger partial charge in [-0.05, 0) is 24.3 Å². The van der Waals surface area contributed by atoms with Crippen molar-refractivity contribution in [1.82, 2.24) is 4.98 Å². The van der Waals surface area contributed by atoms with Gasteiger partial charge in [-0.2, -0.15) is 0 Å². The minimum atomic E-state index is -0.270. The van der Waals surface area contributed by atoms with Gasteiger partial charge >= 0.3 is 0 Å². The smallest absolute Gasteiger partial charge is 0.259 e. The van der Waals surface area contributed by atoms with E-state index in [4.69, 9.17) is 5.73 Å². The van der Waals surface area contributed by atoms with Crippen molar-refractivity contribution in [3.8, 4) is 0 Å². The number of aromatic nitrogens is 1. The van der Waals surface area contributed by atoms with Crippen molar-refractivity contribution in [2.75, 3.05) is 11.1 Å². The number of halogens is 1. The molecule has 0 radical (unpaired) electrons. The summed E-state index contributed by atoms with van der Waals surface area (Å²) < 4.78 is 0.898. The fraction of sp³-hybridized carbons (Fsp3) is 0. The first kappa shape index (κ1) is 11.6. The molecule has 5 heteroatoms. The number of rotatable bonds is 2. The van der Waals surface area contributed by atoms with Crippen molar-refractivity contribution >= 4 is 33.2 Å². The lowest BCUT2D eigenvalue weighted by molar-refractivity contribution is 0.102. The normalized spacial score (nSPS) is 9.94. The van der Waals surface area contributed by atoms with E-state index < -0.39 is 0 Å². The molecule has 0 fully saturated rings. The highest BCUT2D eigenvalue weighted by Gasteiger charge is 2.09. The molecule has 1 aromatic carbocycles. The lowest BCUT2D eigenvalue weighted by atomic mass is 10.2. The van der Waals surface area contributed by atoms with Crippen LogP contribution in [0.4, 0.5) is 11.4 Å². The Bertz CT molecular complexity index is 557. The second-order valence-corrected chi connectivity index (χ2v) is 4.34. The van der Waals surface area contributed by atoms with Crippen LogP contribution in [-0.2, 0) is 0 Å². The number of hydrogen-bond donors (Lipinski definition) is 2. The second-order valence-electron chi connectivity index (χ2n) is 3.43. The van der Waals surface area contributed by atoms with Gasteiger partial charge in [-0.25, -0.2) is 0 Å². The van der Waals surface area contributed by atoms with Gasteiger partial charge in [0.05, 0.1) is 5.56 Å². The summed E-state index contributed by atoms with van der Waals surface area (Å²) in [5.74, 6) is -0.270. The number of anilines is 2. The van der Waals surface area contributed by atoms with Crippen LogP contribution in [0.3, 0.4) is 0 Å². The molecule has 0 saturated heterocycles. The number of nitrogen functional groups attached to an aromatic ring is 1. The molecule has 3 N–H and O–H groups in total. The molecule has 0 aliphatic carbocycles. The van der Waals surface area contributed by atoms with Crippen molar-refractivity contribution in [3.05, 3.63) is 52.8 Å². The van der Waals surface area contributed by atoms with Crippen molar-refractivity contribution in [2.24, 2.45) is 0 Å². The van der Waals surface area contributed by atoms with Gasteiger partial charge < -0.3 is 11.1 Å². The first-order valence-electron chi connectivity index (χ1n) is 4.93. The Balaban J connectivity index is 2.20. The Hall–Kier alpha value is -1.88. The van der Waals surface area contributed by atoms with E-state index in [1.807, 2.05) is 18.2 Å². The molecule has 1 amide bonds. The molecule has 2 rings (SSSR count). The Labute approximate surface area is 107 Å². The Morgan fingerprint density at radius 3 is 2.88 bits per heavy atom. The summed E-state index contributed by atoms with van der Waals surface area (Å²) >= 11 is 3.33. The molecule has 0 spiro atoms. The molecule has 0 aliphatic heterocycles. The minimum Gasteiger partial charge on any atom is -0.398 e. The summed E-state index contributed by atoms with van der Waals surface area (Å²) in [7, 11) is 0. The van der Waals surface area contributed by atoms with Crippen LogP contribution in [0.5, 0.6) is 0 Å². The van der Waals surface area contributed by atoms with Gasteiger partial charge in [-0.3, -0.25) is 9.78 Å². The number of nitrogens with zero attached hydrogens (tertiary/aromatic N) is 1. The number of hydrogen-bond acceptors (Lipinski definition) is 3. The van der Waals surface area contributed by atoms with Gasteiger partial charge in [-0.15, -0.1) is 0 Å². The highest BCUT2D eigenvalue weighted by molar-refractivity contribution is 9.10. The summed E-state index contributed by atoms with van der Waals surface area (Å²) in [5.41, 5.74) is 7.17. The van der Waals surface area contributed by atoms with Crippen molar-refractivity contribution in [2.45, 2.75) is 0 Å². The first-order chi connectivity index (χ1) is 8.16. The number of amides is 1. The third-order valence-corrected chi connectivity index (χ3v) is 2.68. The zero-order valence-electron chi connectivity index (χ0n) is 8.85. The summed E-state index contributed by atoms with van der Waals surface area (Å²) in [6, 6.07) is 8.93. The molecule has 2 aromatic rings. The molecular weight excluding hydrogens is 282 g/mol. The molecule has 0 aliphatic rings. The largest absolute Gasteiger partial charge is 0.398 e. The molecule has 1 aromatic heterocycles. The number of nitrogens with one attached hydrogen (secondary N) is 1. The van der Waals surface area contributed by atoms with E-state index in [0.717, 1.165) is 4.47 Å². The Morgan fingerprint density at radius 1 is 1.35 bits per heavy atom. The van der Waals surface area contributed by atoms with E-state index in [-0.39, 0.29) is 5.91 Å². The summed E-state index contributed by atoms with van der Waals surface area (Å²) in [6.45, 7) is 0. The zero-order valence-corrected chi connectivity index (χ0v) is 10.4. The van der Waals surface area contributed by atoms with E-state index in [9.17, 15) is 4.79 Å². The second kappa shape index (κ2) is 4.97. The minimum absolute atomic E-state index is 0.270. The fourth-order valence-electron chi connectivity index (χ4n) is 1.36. The third kappa shape index (κ3) is 2.82. The van der Waals surface area contributed by atoms with Gasteiger partial charge in [-0.1, -0.05) is 22.0 Å². The molecule has 4 nitrogen and oxygen atoms in total.